The van der Waals surface area contributed by atoms with Crippen LogP contribution in [0.4, 0.5) is 0 Å². The van der Waals surface area contributed by atoms with E-state index < -0.39 is 30.1 Å². The third-order valence-corrected chi connectivity index (χ3v) is 3.28. The number of hydrogen-bond acceptors (Lipinski definition) is 10. The minimum atomic E-state index is -1.22. The molecule has 1 aromatic rings. The molecule has 0 saturated carbocycles. The van der Waals surface area contributed by atoms with Crippen LogP contribution < -0.4 is 20.9 Å². The highest BCUT2D eigenvalue weighted by Crippen LogP contribution is 2.17. The molecule has 12 heteroatoms. The van der Waals surface area contributed by atoms with Crippen molar-refractivity contribution in [2.24, 2.45) is 11.5 Å². The maximum atomic E-state index is 11.1. The van der Waals surface area contributed by atoms with Gasteiger partial charge in [-0.3, -0.25) is 9.59 Å². The highest BCUT2D eigenvalue weighted by Gasteiger charge is 2.25. The second-order valence-corrected chi connectivity index (χ2v) is 5.05. The summed E-state index contributed by atoms with van der Waals surface area (Å²) >= 11 is 0.772. The number of carboxylic acids is 1. The predicted molar refractivity (Wildman–Crippen MR) is 75.7 cm³/mol. The van der Waals surface area contributed by atoms with Gasteiger partial charge in [-0.05, 0) is 6.92 Å². The standard InChI is InChI=1S/C10H18N6O5S/c1-4(17)8(10(19)20)16-22-15-5(2-6(12)18)9-13-7(3-11)14-21-9/h4-5,8,15-17H,2-3,11H2,1H3,(H2,12,18)(H,19,20). The van der Waals surface area contributed by atoms with Gasteiger partial charge in [-0.25, -0.2) is 9.44 Å². The maximum Gasteiger partial charge on any atom is 0.324 e. The van der Waals surface area contributed by atoms with Gasteiger partial charge in [0.05, 0.1) is 19.1 Å². The molecule has 124 valence electrons. The summed E-state index contributed by atoms with van der Waals surface area (Å²) in [5, 5.41) is 21.8. The molecule has 1 heterocycles. The van der Waals surface area contributed by atoms with Crippen molar-refractivity contribution in [2.45, 2.75) is 38.1 Å². The van der Waals surface area contributed by atoms with E-state index in [9.17, 15) is 14.7 Å². The Hall–Kier alpha value is -1.73. The van der Waals surface area contributed by atoms with Crippen LogP contribution >= 0.6 is 12.1 Å². The van der Waals surface area contributed by atoms with Crippen LogP contribution in [-0.2, 0) is 16.1 Å². The highest BCUT2D eigenvalue weighted by atomic mass is 32.2. The molecular formula is C10H18N6O5S. The number of aliphatic hydroxyl groups excluding tert-OH is 1. The molecule has 0 aliphatic rings. The van der Waals surface area contributed by atoms with Crippen molar-refractivity contribution in [2.75, 3.05) is 0 Å². The summed E-state index contributed by atoms with van der Waals surface area (Å²) in [5.74, 6) is -1.48. The SMILES string of the molecule is CC(O)C(NSNC(CC(N)=O)c1nc(CN)no1)C(=O)O. The molecule has 1 aromatic heterocycles. The Bertz CT molecular complexity index is 510. The van der Waals surface area contributed by atoms with E-state index in [0.29, 0.717) is 0 Å². The number of aliphatic hydroxyl groups is 1. The summed E-state index contributed by atoms with van der Waals surface area (Å²) < 4.78 is 10.2. The van der Waals surface area contributed by atoms with Gasteiger partial charge >= 0.3 is 5.97 Å². The van der Waals surface area contributed by atoms with Gasteiger partial charge in [-0.15, -0.1) is 0 Å². The van der Waals surface area contributed by atoms with Crippen molar-refractivity contribution >= 4 is 24.0 Å². The van der Waals surface area contributed by atoms with Crippen LogP contribution in [0.5, 0.6) is 0 Å². The predicted octanol–water partition coefficient (Wildman–Crippen LogP) is -1.98. The summed E-state index contributed by atoms with van der Waals surface area (Å²) in [7, 11) is 0. The van der Waals surface area contributed by atoms with E-state index >= 15 is 0 Å². The van der Waals surface area contributed by atoms with Gasteiger partial charge in [-0.2, -0.15) is 4.98 Å². The van der Waals surface area contributed by atoms with Gasteiger partial charge in [0.25, 0.3) is 0 Å². The van der Waals surface area contributed by atoms with Crippen molar-refractivity contribution in [1.29, 1.82) is 0 Å². The van der Waals surface area contributed by atoms with Gasteiger partial charge in [0.1, 0.15) is 12.1 Å². The molecule has 8 N–H and O–H groups in total. The van der Waals surface area contributed by atoms with Crippen LogP contribution in [0.25, 0.3) is 0 Å². The fraction of sp³-hybridized carbons (Fsp3) is 0.600. The molecule has 0 aliphatic heterocycles. The average Bonchev–Trinajstić information content (AvgIpc) is 2.89. The lowest BCUT2D eigenvalue weighted by atomic mass is 10.2. The zero-order valence-electron chi connectivity index (χ0n) is 11.7. The van der Waals surface area contributed by atoms with Gasteiger partial charge < -0.3 is 26.2 Å². The lowest BCUT2D eigenvalue weighted by Crippen LogP contribution is -2.43. The first-order chi connectivity index (χ1) is 10.3. The molecule has 1 amide bonds. The largest absolute Gasteiger partial charge is 0.480 e. The number of amides is 1. The van der Waals surface area contributed by atoms with Gasteiger partial charge in [0.2, 0.25) is 11.8 Å². The summed E-state index contributed by atoms with van der Waals surface area (Å²) in [4.78, 5) is 26.0. The normalized spacial score (nSPS) is 15.2. The third-order valence-electron chi connectivity index (χ3n) is 2.51. The topological polar surface area (TPSA) is 190 Å². The molecule has 3 atom stereocenters. The smallest absolute Gasteiger partial charge is 0.324 e. The van der Waals surface area contributed by atoms with Crippen LogP contribution in [0.2, 0.25) is 0 Å². The van der Waals surface area contributed by atoms with Crippen molar-refractivity contribution < 1.29 is 24.3 Å². The lowest BCUT2D eigenvalue weighted by molar-refractivity contribution is -0.141. The van der Waals surface area contributed by atoms with Crippen LogP contribution in [0, 0.1) is 0 Å². The van der Waals surface area contributed by atoms with Crippen LogP contribution in [0.1, 0.15) is 31.1 Å². The second kappa shape index (κ2) is 8.65. The number of carboxylic acid groups (broad SMARTS) is 1. The Kier molecular flexibility index (Phi) is 7.20. The molecule has 0 aromatic carbocycles. The van der Waals surface area contributed by atoms with Crippen molar-refractivity contribution in [3.8, 4) is 0 Å². The Morgan fingerprint density at radius 1 is 1.45 bits per heavy atom. The summed E-state index contributed by atoms with van der Waals surface area (Å²) in [6.45, 7) is 1.40. The first-order valence-electron chi connectivity index (χ1n) is 6.23. The number of carbonyl (C=O) groups excluding carboxylic acids is 1. The van der Waals surface area contributed by atoms with Crippen molar-refractivity contribution in [1.82, 2.24) is 19.6 Å². The molecule has 11 nitrogen and oxygen atoms in total. The second-order valence-electron chi connectivity index (χ2n) is 4.37. The van der Waals surface area contributed by atoms with Crippen LogP contribution in [-0.4, -0.2) is 44.4 Å². The van der Waals surface area contributed by atoms with E-state index in [1.807, 2.05) is 0 Å². The van der Waals surface area contributed by atoms with E-state index in [4.69, 9.17) is 21.1 Å². The molecule has 0 fully saturated rings. The first-order valence-corrected chi connectivity index (χ1v) is 7.05. The van der Waals surface area contributed by atoms with Gasteiger partial charge in [0, 0.05) is 12.1 Å². The number of aliphatic carboxylic acids is 1. The monoisotopic (exact) mass is 334 g/mol. The van der Waals surface area contributed by atoms with E-state index in [1.54, 1.807) is 0 Å². The fourth-order valence-electron chi connectivity index (χ4n) is 1.40. The molecular weight excluding hydrogens is 316 g/mol. The number of aromatic nitrogens is 2. The number of nitrogens with one attached hydrogen (secondary N) is 2. The average molecular weight is 334 g/mol. The Morgan fingerprint density at radius 2 is 2.14 bits per heavy atom. The zero-order chi connectivity index (χ0) is 16.7. The lowest BCUT2D eigenvalue weighted by Gasteiger charge is -2.18. The maximum absolute atomic E-state index is 11.1. The molecule has 3 unspecified atom stereocenters. The molecule has 0 radical (unpaired) electrons. The minimum Gasteiger partial charge on any atom is -0.480 e. The van der Waals surface area contributed by atoms with E-state index in [2.05, 4.69) is 19.6 Å². The highest BCUT2D eigenvalue weighted by molar-refractivity contribution is 7.95. The molecule has 0 saturated heterocycles. The number of primary amides is 1. The Morgan fingerprint density at radius 3 is 2.59 bits per heavy atom. The summed E-state index contributed by atoms with van der Waals surface area (Å²) in [6.07, 6.45) is -1.26. The number of carbonyl (C=O) groups is 2. The molecule has 0 aliphatic carbocycles. The molecule has 1 rings (SSSR count). The Balaban J connectivity index is 2.65. The van der Waals surface area contributed by atoms with Crippen molar-refractivity contribution in [3.63, 3.8) is 0 Å². The minimum absolute atomic E-state index is 0.0707. The van der Waals surface area contributed by atoms with Crippen molar-refractivity contribution in [3.05, 3.63) is 11.7 Å². The van der Waals surface area contributed by atoms with Gasteiger partial charge in [0.15, 0.2) is 5.82 Å². The number of nitrogens with two attached hydrogens (primary N) is 2. The van der Waals surface area contributed by atoms with E-state index in [0.717, 1.165) is 12.1 Å². The van der Waals surface area contributed by atoms with Crippen LogP contribution in [0.15, 0.2) is 4.52 Å². The Labute approximate surface area is 130 Å². The zero-order valence-corrected chi connectivity index (χ0v) is 12.5. The number of hydrogen-bond donors (Lipinski definition) is 6. The summed E-state index contributed by atoms with van der Waals surface area (Å²) in [5.41, 5.74) is 10.5. The van der Waals surface area contributed by atoms with Gasteiger partial charge in [-0.1, -0.05) is 5.16 Å². The third kappa shape index (κ3) is 5.57. The molecule has 0 spiro atoms. The molecule has 22 heavy (non-hydrogen) atoms. The van der Waals surface area contributed by atoms with E-state index in [1.165, 1.54) is 6.92 Å². The molecule has 0 bridgehead atoms. The fourth-order valence-corrected chi connectivity index (χ4v) is 2.22. The number of nitrogens with zero attached hydrogens (tertiary/aromatic N) is 2. The number of rotatable bonds is 10. The quantitative estimate of drug-likeness (QED) is 0.260. The summed E-state index contributed by atoms with van der Waals surface area (Å²) in [6, 6.07) is -1.93. The van der Waals surface area contributed by atoms with E-state index in [-0.39, 0.29) is 24.7 Å². The van der Waals surface area contributed by atoms with Crippen LogP contribution in [0.3, 0.4) is 0 Å². The first kappa shape index (κ1) is 18.3.